The van der Waals surface area contributed by atoms with E-state index in [9.17, 15) is 26.3 Å². The van der Waals surface area contributed by atoms with Gasteiger partial charge in [0.05, 0.1) is 12.7 Å². The van der Waals surface area contributed by atoms with Crippen molar-refractivity contribution in [1.82, 2.24) is 0 Å². The second-order valence-corrected chi connectivity index (χ2v) is 9.16. The molecule has 3 rings (SSSR count). The Labute approximate surface area is 185 Å². The molecule has 2 nitrogen and oxygen atoms in total. The van der Waals surface area contributed by atoms with Crippen LogP contribution in [0.5, 0.6) is 11.5 Å². The average molecular weight is 467 g/mol. The summed E-state index contributed by atoms with van der Waals surface area (Å²) in [6, 6.07) is 1.12. The van der Waals surface area contributed by atoms with Gasteiger partial charge >= 0.3 is 12.4 Å². The molecule has 8 heteroatoms. The number of alkyl halides is 6. The molecule has 0 amide bonds. The van der Waals surface area contributed by atoms with Gasteiger partial charge < -0.3 is 9.47 Å². The maximum atomic E-state index is 13.9. The highest BCUT2D eigenvalue weighted by molar-refractivity contribution is 5.57. The number of ether oxygens (including phenoxy) is 2. The quantitative estimate of drug-likeness (QED) is 0.377. The molecule has 1 atom stereocenters. The van der Waals surface area contributed by atoms with Crippen LogP contribution in [-0.2, 0) is 18.8 Å². The summed E-state index contributed by atoms with van der Waals surface area (Å²) in [5, 5.41) is 0. The zero-order chi connectivity index (χ0) is 23.5. The van der Waals surface area contributed by atoms with Crippen molar-refractivity contribution in [3.63, 3.8) is 0 Å². The van der Waals surface area contributed by atoms with Gasteiger partial charge in [0.1, 0.15) is 22.6 Å². The molecule has 0 bridgehead atoms. The largest absolute Gasteiger partial charge is 0.493 e. The van der Waals surface area contributed by atoms with Crippen molar-refractivity contribution in [1.29, 1.82) is 0 Å². The zero-order valence-corrected chi connectivity index (χ0v) is 18.7. The Morgan fingerprint density at radius 3 is 2.00 bits per heavy atom. The molecular formula is C24H32F6O2. The van der Waals surface area contributed by atoms with Gasteiger partial charge in [0, 0.05) is 0 Å². The molecule has 182 valence electrons. The van der Waals surface area contributed by atoms with E-state index in [-0.39, 0.29) is 24.5 Å². The number of halogens is 6. The molecular weight excluding hydrogens is 434 g/mol. The van der Waals surface area contributed by atoms with E-state index in [0.29, 0.717) is 25.2 Å². The topological polar surface area (TPSA) is 18.5 Å². The number of hydrogen-bond donors (Lipinski definition) is 0. The first-order valence-electron chi connectivity index (χ1n) is 11.7. The minimum Gasteiger partial charge on any atom is -0.493 e. The fraction of sp³-hybridized carbons (Fsp3) is 0.750. The molecule has 0 radical (unpaired) electrons. The monoisotopic (exact) mass is 466 g/mol. The Morgan fingerprint density at radius 1 is 0.844 bits per heavy atom. The van der Waals surface area contributed by atoms with Crippen molar-refractivity contribution in [2.24, 2.45) is 11.8 Å². The first-order valence-corrected chi connectivity index (χ1v) is 11.7. The van der Waals surface area contributed by atoms with Crippen LogP contribution in [0.4, 0.5) is 26.3 Å². The summed E-state index contributed by atoms with van der Waals surface area (Å²) in [5.41, 5.74) is -3.37. The SMILES string of the molecule is CCCC1CCC(COc2cc3c(c(C(F)(F)F)c2C(F)(F)F)OC(CCC)CC3)CC1. The molecule has 1 heterocycles. The van der Waals surface area contributed by atoms with Crippen LogP contribution in [0.25, 0.3) is 0 Å². The first kappa shape index (κ1) is 25.0. The van der Waals surface area contributed by atoms with Gasteiger partial charge in [0.25, 0.3) is 0 Å². The Bertz CT molecular complexity index is 763. The van der Waals surface area contributed by atoms with Crippen LogP contribution in [0.3, 0.4) is 0 Å². The summed E-state index contributed by atoms with van der Waals surface area (Å²) in [6.45, 7) is 3.98. The van der Waals surface area contributed by atoms with E-state index in [1.165, 1.54) is 0 Å². The van der Waals surface area contributed by atoms with E-state index in [0.717, 1.165) is 44.6 Å². The fourth-order valence-corrected chi connectivity index (χ4v) is 5.05. The molecule has 0 spiro atoms. The molecule has 1 aromatic carbocycles. The molecule has 0 aromatic heterocycles. The summed E-state index contributed by atoms with van der Waals surface area (Å²) in [5.74, 6) is -0.728. The second-order valence-electron chi connectivity index (χ2n) is 9.16. The van der Waals surface area contributed by atoms with Crippen LogP contribution in [0.1, 0.15) is 88.3 Å². The lowest BCUT2D eigenvalue weighted by Gasteiger charge is -2.32. The number of hydrogen-bond acceptors (Lipinski definition) is 2. The van der Waals surface area contributed by atoms with Gasteiger partial charge in [-0.15, -0.1) is 0 Å². The summed E-state index contributed by atoms with van der Waals surface area (Å²) in [7, 11) is 0. The maximum Gasteiger partial charge on any atom is 0.420 e. The van der Waals surface area contributed by atoms with E-state index in [2.05, 4.69) is 6.92 Å². The van der Waals surface area contributed by atoms with Crippen LogP contribution < -0.4 is 9.47 Å². The normalized spacial score (nSPS) is 24.1. The van der Waals surface area contributed by atoms with Crippen LogP contribution >= 0.6 is 0 Å². The van der Waals surface area contributed by atoms with Gasteiger partial charge in [-0.1, -0.05) is 46.0 Å². The minimum absolute atomic E-state index is 0.00265. The van der Waals surface area contributed by atoms with Crippen molar-refractivity contribution in [2.45, 2.75) is 96.5 Å². The van der Waals surface area contributed by atoms with Crippen molar-refractivity contribution < 1.29 is 35.8 Å². The zero-order valence-electron chi connectivity index (χ0n) is 18.7. The van der Waals surface area contributed by atoms with E-state index >= 15 is 0 Å². The summed E-state index contributed by atoms with van der Waals surface area (Å²) >= 11 is 0. The van der Waals surface area contributed by atoms with Crippen LogP contribution in [0, 0.1) is 11.8 Å². The van der Waals surface area contributed by atoms with Crippen molar-refractivity contribution >= 4 is 0 Å². The second kappa shape index (κ2) is 10.1. The van der Waals surface area contributed by atoms with Gasteiger partial charge in [-0.2, -0.15) is 26.3 Å². The smallest absolute Gasteiger partial charge is 0.420 e. The van der Waals surface area contributed by atoms with Crippen molar-refractivity contribution in [2.75, 3.05) is 6.61 Å². The molecule has 32 heavy (non-hydrogen) atoms. The van der Waals surface area contributed by atoms with Crippen LogP contribution in [0.15, 0.2) is 6.07 Å². The Hall–Kier alpha value is -1.60. The minimum atomic E-state index is -5.21. The van der Waals surface area contributed by atoms with Crippen LogP contribution in [-0.4, -0.2) is 12.7 Å². The lowest BCUT2D eigenvalue weighted by molar-refractivity contribution is -0.164. The van der Waals surface area contributed by atoms with Gasteiger partial charge in [-0.3, -0.25) is 0 Å². The predicted molar refractivity (Wildman–Crippen MR) is 110 cm³/mol. The molecule has 1 fully saturated rings. The third-order valence-electron chi connectivity index (χ3n) is 6.66. The van der Waals surface area contributed by atoms with E-state index in [1.807, 2.05) is 6.92 Å². The number of benzene rings is 1. The third-order valence-corrected chi connectivity index (χ3v) is 6.66. The molecule has 1 aliphatic heterocycles. The summed E-state index contributed by atoms with van der Waals surface area (Å²) < 4.78 is 94.5. The number of rotatable bonds is 7. The molecule has 0 N–H and O–H groups in total. The van der Waals surface area contributed by atoms with Gasteiger partial charge in [-0.05, 0) is 55.6 Å². The molecule has 1 saturated carbocycles. The van der Waals surface area contributed by atoms with Crippen molar-refractivity contribution in [3.8, 4) is 11.5 Å². The molecule has 0 saturated heterocycles. The highest BCUT2D eigenvalue weighted by atomic mass is 19.4. The summed E-state index contributed by atoms with van der Waals surface area (Å²) in [6.07, 6.45) is -3.21. The van der Waals surface area contributed by atoms with Crippen LogP contribution in [0.2, 0.25) is 0 Å². The predicted octanol–water partition coefficient (Wildman–Crippen LogP) is 8.20. The number of aryl methyl sites for hydroxylation is 1. The van der Waals surface area contributed by atoms with Gasteiger partial charge in [0.15, 0.2) is 0 Å². The average Bonchev–Trinajstić information content (AvgIpc) is 2.71. The van der Waals surface area contributed by atoms with E-state index in [1.54, 1.807) is 0 Å². The Kier molecular flexibility index (Phi) is 7.92. The lowest BCUT2D eigenvalue weighted by Crippen LogP contribution is -2.28. The van der Waals surface area contributed by atoms with Crippen molar-refractivity contribution in [3.05, 3.63) is 22.8 Å². The molecule has 2 aliphatic rings. The van der Waals surface area contributed by atoms with E-state index in [4.69, 9.17) is 9.47 Å². The molecule has 1 unspecified atom stereocenters. The van der Waals surface area contributed by atoms with Gasteiger partial charge in [-0.25, -0.2) is 0 Å². The fourth-order valence-electron chi connectivity index (χ4n) is 5.05. The molecule has 1 aliphatic carbocycles. The standard InChI is InChI=1S/C24H32F6O2/c1-3-5-15-7-9-16(10-8-15)14-31-19-13-17-11-12-18(6-4-2)32-22(17)21(24(28,29)30)20(19)23(25,26)27/h13,15-16,18H,3-12,14H2,1-2H3. The number of fused-ring (bicyclic) bond motifs is 1. The molecule has 1 aromatic rings. The lowest BCUT2D eigenvalue weighted by atomic mass is 9.80. The summed E-state index contributed by atoms with van der Waals surface area (Å²) in [4.78, 5) is 0. The Balaban J connectivity index is 1.91. The maximum absolute atomic E-state index is 13.9. The van der Waals surface area contributed by atoms with E-state index < -0.39 is 41.1 Å². The first-order chi connectivity index (χ1) is 15.0. The van der Waals surface area contributed by atoms with Gasteiger partial charge in [0.2, 0.25) is 0 Å². The third kappa shape index (κ3) is 5.84. The highest BCUT2D eigenvalue weighted by Crippen LogP contribution is 2.52. The highest BCUT2D eigenvalue weighted by Gasteiger charge is 2.50. The Morgan fingerprint density at radius 2 is 1.44 bits per heavy atom.